The Bertz CT molecular complexity index is 1170. The molecular weight excluding hydrogens is 450 g/mol. The van der Waals surface area contributed by atoms with Gasteiger partial charge in [-0.25, -0.2) is 0 Å². The van der Waals surface area contributed by atoms with Gasteiger partial charge >= 0.3 is 0 Å². The van der Waals surface area contributed by atoms with Gasteiger partial charge in [-0.05, 0) is 49.6 Å². The van der Waals surface area contributed by atoms with Crippen molar-refractivity contribution in [1.82, 2.24) is 4.90 Å². The summed E-state index contributed by atoms with van der Waals surface area (Å²) < 4.78 is 5.74. The van der Waals surface area contributed by atoms with E-state index in [1.165, 1.54) is 28.0 Å². The summed E-state index contributed by atoms with van der Waals surface area (Å²) in [4.78, 5) is 39.5. The number of benzene rings is 2. The molecule has 1 fully saturated rings. The van der Waals surface area contributed by atoms with Gasteiger partial charge < -0.3 is 19.6 Å². The van der Waals surface area contributed by atoms with Crippen molar-refractivity contribution in [2.24, 2.45) is 0 Å². The normalized spacial score (nSPS) is 17.5. The summed E-state index contributed by atoms with van der Waals surface area (Å²) in [6.45, 7) is 6.59. The lowest BCUT2D eigenvalue weighted by Gasteiger charge is -2.27. The first-order valence-corrected chi connectivity index (χ1v) is 11.6. The molecule has 1 amide bonds. The van der Waals surface area contributed by atoms with Gasteiger partial charge in [0.2, 0.25) is 5.78 Å². The van der Waals surface area contributed by atoms with E-state index in [4.69, 9.17) is 4.74 Å². The fourth-order valence-electron chi connectivity index (χ4n) is 4.19. The molecule has 1 aliphatic rings. The molecule has 9 heteroatoms. The molecule has 0 bridgehead atoms. The van der Waals surface area contributed by atoms with Crippen LogP contribution < -0.4 is 14.7 Å². The van der Waals surface area contributed by atoms with Crippen LogP contribution in [0.25, 0.3) is 5.76 Å². The average molecular weight is 482 g/mol. The van der Waals surface area contributed by atoms with Crippen LogP contribution in [0, 0.1) is 17.0 Å². The number of nitro benzene ring substituents is 1. The maximum atomic E-state index is 13.6. The molecule has 3 rings (SSSR count). The number of non-ortho nitro benzene ring substituents is 1. The zero-order chi connectivity index (χ0) is 25.9. The summed E-state index contributed by atoms with van der Waals surface area (Å²) >= 11 is 0. The summed E-state index contributed by atoms with van der Waals surface area (Å²) in [5.41, 5.74) is 0.967. The summed E-state index contributed by atoms with van der Waals surface area (Å²) in [6.07, 6.45) is 0.559. The number of Topliss-reactive ketones (excluding diaryl/α,β-unsaturated/α-hetero) is 1. The Hall–Kier alpha value is -3.72. The van der Waals surface area contributed by atoms with E-state index in [0.29, 0.717) is 17.7 Å². The van der Waals surface area contributed by atoms with Gasteiger partial charge in [0, 0.05) is 30.7 Å². The SMILES string of the molecule is Cc1cc(C([O-])=C2C(=O)C(=O)N(CCC[NH+](C)C)C2c2cccc([N+](=O)[O-])c2)ccc1OC(C)C. The number of nitro groups is 1. The highest BCUT2D eigenvalue weighted by molar-refractivity contribution is 6.46. The second kappa shape index (κ2) is 10.7. The number of ketones is 1. The van der Waals surface area contributed by atoms with Gasteiger partial charge in [-0.15, -0.1) is 0 Å². The Morgan fingerprint density at radius 2 is 1.89 bits per heavy atom. The third kappa shape index (κ3) is 5.68. The highest BCUT2D eigenvalue weighted by atomic mass is 16.6. The van der Waals surface area contributed by atoms with E-state index in [2.05, 4.69) is 0 Å². The highest BCUT2D eigenvalue weighted by Crippen LogP contribution is 2.40. The lowest BCUT2D eigenvalue weighted by molar-refractivity contribution is -0.858. The van der Waals surface area contributed by atoms with Crippen molar-refractivity contribution in [2.75, 3.05) is 27.2 Å². The number of carbonyl (C=O) groups excluding carboxylic acids is 2. The number of nitrogens with zero attached hydrogens (tertiary/aromatic N) is 2. The first kappa shape index (κ1) is 25.9. The van der Waals surface area contributed by atoms with Gasteiger partial charge in [0.05, 0.1) is 37.7 Å². The van der Waals surface area contributed by atoms with E-state index in [0.717, 1.165) is 12.1 Å². The van der Waals surface area contributed by atoms with Crippen molar-refractivity contribution < 1.29 is 29.3 Å². The minimum atomic E-state index is -0.994. The molecule has 1 N–H and O–H groups in total. The van der Waals surface area contributed by atoms with Crippen LogP contribution in [0.5, 0.6) is 5.75 Å². The van der Waals surface area contributed by atoms with Gasteiger partial charge in [-0.3, -0.25) is 19.7 Å². The summed E-state index contributed by atoms with van der Waals surface area (Å²) in [6, 6.07) is 9.63. The number of nitrogens with one attached hydrogen (secondary N) is 1. The number of aryl methyl sites for hydroxylation is 1. The fraction of sp³-hybridized carbons (Fsp3) is 0.385. The van der Waals surface area contributed by atoms with Crippen LogP contribution in [-0.2, 0) is 9.59 Å². The zero-order valence-corrected chi connectivity index (χ0v) is 20.7. The summed E-state index contributed by atoms with van der Waals surface area (Å²) in [7, 11) is 3.95. The molecule has 186 valence electrons. The first-order chi connectivity index (χ1) is 16.5. The van der Waals surface area contributed by atoms with Gasteiger partial charge in [0.1, 0.15) is 5.75 Å². The van der Waals surface area contributed by atoms with Crippen molar-refractivity contribution in [3.63, 3.8) is 0 Å². The predicted molar refractivity (Wildman–Crippen MR) is 129 cm³/mol. The minimum Gasteiger partial charge on any atom is -0.872 e. The Balaban J connectivity index is 2.12. The molecule has 0 spiro atoms. The number of amides is 1. The predicted octanol–water partition coefficient (Wildman–Crippen LogP) is 1.45. The molecule has 1 saturated heterocycles. The Morgan fingerprint density at radius 3 is 2.49 bits per heavy atom. The van der Waals surface area contributed by atoms with Crippen LogP contribution in [0.15, 0.2) is 48.0 Å². The van der Waals surface area contributed by atoms with Gasteiger partial charge in [-0.1, -0.05) is 24.0 Å². The first-order valence-electron chi connectivity index (χ1n) is 11.6. The van der Waals surface area contributed by atoms with Crippen molar-refractivity contribution in [3.8, 4) is 5.75 Å². The van der Waals surface area contributed by atoms with Crippen molar-refractivity contribution >= 4 is 23.1 Å². The second-order valence-corrected chi connectivity index (χ2v) is 9.28. The molecule has 0 aromatic heterocycles. The number of likely N-dealkylation sites (tertiary alicyclic amines) is 1. The van der Waals surface area contributed by atoms with Crippen molar-refractivity contribution in [1.29, 1.82) is 0 Å². The van der Waals surface area contributed by atoms with Crippen LogP contribution >= 0.6 is 0 Å². The Kier molecular flexibility index (Phi) is 7.91. The van der Waals surface area contributed by atoms with Crippen molar-refractivity contribution in [2.45, 2.75) is 39.3 Å². The van der Waals surface area contributed by atoms with E-state index in [-0.39, 0.29) is 29.5 Å². The second-order valence-electron chi connectivity index (χ2n) is 9.28. The van der Waals surface area contributed by atoms with Crippen molar-refractivity contribution in [3.05, 3.63) is 74.8 Å². The number of ether oxygens (including phenoxy) is 1. The molecule has 1 heterocycles. The van der Waals surface area contributed by atoms with Crippen LogP contribution in [0.4, 0.5) is 5.69 Å². The molecule has 1 atom stereocenters. The number of rotatable bonds is 9. The highest BCUT2D eigenvalue weighted by Gasteiger charge is 2.44. The third-order valence-corrected chi connectivity index (χ3v) is 5.80. The smallest absolute Gasteiger partial charge is 0.295 e. The Labute approximate surface area is 204 Å². The standard InChI is InChI=1S/C26H31N3O6/c1-16(2)35-21-11-10-19(14-17(21)3)24(30)22-23(18-8-6-9-20(15-18)29(33)34)28(26(32)25(22)31)13-7-12-27(4)5/h6,8-11,14-16,23,30H,7,12-13H2,1-5H3. The fourth-order valence-corrected chi connectivity index (χ4v) is 4.19. The molecule has 2 aromatic rings. The minimum absolute atomic E-state index is 0.0468. The average Bonchev–Trinajstić information content (AvgIpc) is 3.04. The molecule has 0 saturated carbocycles. The molecule has 0 aliphatic carbocycles. The van der Waals surface area contributed by atoms with E-state index in [1.54, 1.807) is 31.2 Å². The summed E-state index contributed by atoms with van der Waals surface area (Å²) in [5.74, 6) is -1.59. The van der Waals surface area contributed by atoms with Crippen LogP contribution in [0.2, 0.25) is 0 Å². The molecule has 1 unspecified atom stereocenters. The topological polar surface area (TPSA) is 117 Å². The number of hydrogen-bond donors (Lipinski definition) is 1. The molecule has 9 nitrogen and oxygen atoms in total. The van der Waals surface area contributed by atoms with E-state index < -0.39 is 28.4 Å². The molecule has 0 radical (unpaired) electrons. The van der Waals surface area contributed by atoms with Gasteiger partial charge in [0.25, 0.3) is 11.6 Å². The van der Waals surface area contributed by atoms with Gasteiger partial charge in [0.15, 0.2) is 0 Å². The number of carbonyl (C=O) groups is 2. The monoisotopic (exact) mass is 481 g/mol. The number of quaternary nitrogens is 1. The van der Waals surface area contributed by atoms with Crippen LogP contribution in [0.1, 0.15) is 43.0 Å². The largest absolute Gasteiger partial charge is 0.872 e. The maximum Gasteiger partial charge on any atom is 0.295 e. The van der Waals surface area contributed by atoms with Crippen LogP contribution in [0.3, 0.4) is 0 Å². The van der Waals surface area contributed by atoms with Crippen LogP contribution in [-0.4, -0.2) is 54.8 Å². The summed E-state index contributed by atoms with van der Waals surface area (Å²) in [5, 5.41) is 25.0. The molecule has 35 heavy (non-hydrogen) atoms. The number of hydrogen-bond acceptors (Lipinski definition) is 6. The Morgan fingerprint density at radius 1 is 1.17 bits per heavy atom. The molecule has 1 aliphatic heterocycles. The zero-order valence-electron chi connectivity index (χ0n) is 20.7. The van der Waals surface area contributed by atoms with E-state index >= 15 is 0 Å². The quantitative estimate of drug-likeness (QED) is 0.190. The molecular formula is C26H31N3O6. The molecule has 2 aromatic carbocycles. The van der Waals surface area contributed by atoms with Gasteiger partial charge in [-0.2, -0.15) is 0 Å². The lowest BCUT2D eigenvalue weighted by Crippen LogP contribution is -3.05. The third-order valence-electron chi connectivity index (χ3n) is 5.80. The van der Waals surface area contributed by atoms with E-state index in [9.17, 15) is 24.8 Å². The maximum absolute atomic E-state index is 13.6. The van der Waals surface area contributed by atoms with E-state index in [1.807, 2.05) is 27.9 Å². The lowest BCUT2D eigenvalue weighted by atomic mass is 9.94.